The zero-order valence-electron chi connectivity index (χ0n) is 18.6. The molecule has 0 saturated carbocycles. The Balaban J connectivity index is 1.35. The fraction of sp³-hybridized carbons (Fsp3) is 0.857. The summed E-state index contributed by atoms with van der Waals surface area (Å²) >= 11 is 0. The van der Waals surface area contributed by atoms with Crippen LogP contribution in [0.2, 0.25) is 0 Å². The van der Waals surface area contributed by atoms with E-state index in [1.165, 1.54) is 0 Å². The van der Waals surface area contributed by atoms with E-state index in [-0.39, 0.29) is 24.2 Å². The Hall–Kier alpha value is -2.03. The fourth-order valence-electron chi connectivity index (χ4n) is 4.73. The van der Waals surface area contributed by atoms with Gasteiger partial charge in [-0.1, -0.05) is 18.5 Å². The summed E-state index contributed by atoms with van der Waals surface area (Å²) in [5.74, 6) is 0. The van der Waals surface area contributed by atoms with E-state index in [0.29, 0.717) is 32.7 Å². The second-order valence-corrected chi connectivity index (χ2v) is 9.88. The molecule has 0 radical (unpaired) electrons. The molecule has 3 fully saturated rings. The molecular weight excluding hydrogens is 388 g/mol. The first-order valence-corrected chi connectivity index (χ1v) is 11.2. The number of likely N-dealkylation sites (tertiary alicyclic amines) is 1. The van der Waals surface area contributed by atoms with E-state index in [4.69, 9.17) is 14.4 Å². The van der Waals surface area contributed by atoms with Crippen molar-refractivity contribution >= 4 is 17.8 Å². The number of oxime groups is 1. The van der Waals surface area contributed by atoms with Gasteiger partial charge in [-0.25, -0.2) is 9.59 Å². The molecule has 4 aliphatic rings. The summed E-state index contributed by atoms with van der Waals surface area (Å²) < 4.78 is 5.50. The summed E-state index contributed by atoms with van der Waals surface area (Å²) in [6, 6.07) is 0.00385. The minimum atomic E-state index is -0.523. The molecule has 9 nitrogen and oxygen atoms in total. The van der Waals surface area contributed by atoms with Gasteiger partial charge in [0.15, 0.2) is 5.60 Å². The van der Waals surface area contributed by atoms with Crippen LogP contribution in [0, 0.1) is 0 Å². The van der Waals surface area contributed by atoms with Crippen molar-refractivity contribution in [3.05, 3.63) is 0 Å². The van der Waals surface area contributed by atoms with Gasteiger partial charge in [0.25, 0.3) is 0 Å². The first-order valence-electron chi connectivity index (χ1n) is 11.2. The molecule has 1 spiro atoms. The first-order chi connectivity index (χ1) is 14.2. The monoisotopic (exact) mass is 422 g/mol. The first kappa shape index (κ1) is 21.2. The SMILES string of the molecule is CCCCON1C(=O)N2C[C@@H]1CC[C@H]2C1=NO[C@]2(CCN(C(=O)OC(C)(C)C)C2)C1. The molecule has 0 aromatic carbocycles. The minimum absolute atomic E-state index is 0.0523. The van der Waals surface area contributed by atoms with E-state index in [0.717, 1.165) is 37.8 Å². The second-order valence-electron chi connectivity index (χ2n) is 9.88. The van der Waals surface area contributed by atoms with E-state index >= 15 is 0 Å². The summed E-state index contributed by atoms with van der Waals surface area (Å²) in [6.45, 7) is 10.00. The third-order valence-electron chi connectivity index (χ3n) is 6.26. The maximum Gasteiger partial charge on any atom is 0.410 e. The third kappa shape index (κ3) is 4.08. The molecule has 9 heteroatoms. The molecule has 2 bridgehead atoms. The Kier molecular flexibility index (Phi) is 5.59. The predicted octanol–water partition coefficient (Wildman–Crippen LogP) is 3.14. The van der Waals surface area contributed by atoms with Gasteiger partial charge in [0.05, 0.1) is 30.9 Å². The van der Waals surface area contributed by atoms with Crippen LogP contribution >= 0.6 is 0 Å². The highest BCUT2D eigenvalue weighted by Gasteiger charge is 2.53. The molecule has 4 rings (SSSR count). The number of amides is 3. The number of nitrogens with zero attached hydrogens (tertiary/aromatic N) is 4. The van der Waals surface area contributed by atoms with Crippen molar-refractivity contribution in [3.8, 4) is 0 Å². The van der Waals surface area contributed by atoms with E-state index in [1.807, 2.05) is 25.7 Å². The molecular formula is C21H34N4O5. The third-order valence-corrected chi connectivity index (χ3v) is 6.26. The zero-order valence-corrected chi connectivity index (χ0v) is 18.6. The van der Waals surface area contributed by atoms with Crippen molar-refractivity contribution in [3.63, 3.8) is 0 Å². The number of unbranched alkanes of at least 4 members (excludes halogenated alkanes) is 1. The lowest BCUT2D eigenvalue weighted by Gasteiger charge is -2.30. The van der Waals surface area contributed by atoms with Crippen LogP contribution in [0.25, 0.3) is 0 Å². The Morgan fingerprint density at radius 2 is 2.13 bits per heavy atom. The van der Waals surface area contributed by atoms with Crippen molar-refractivity contribution in [2.75, 3.05) is 26.2 Å². The van der Waals surface area contributed by atoms with E-state index in [1.54, 1.807) is 9.96 Å². The van der Waals surface area contributed by atoms with Crippen molar-refractivity contribution < 1.29 is 24.0 Å². The van der Waals surface area contributed by atoms with Crippen LogP contribution < -0.4 is 0 Å². The van der Waals surface area contributed by atoms with Crippen LogP contribution in [0.3, 0.4) is 0 Å². The fourth-order valence-corrected chi connectivity index (χ4v) is 4.73. The van der Waals surface area contributed by atoms with Gasteiger partial charge in [0.1, 0.15) is 5.60 Å². The average Bonchev–Trinajstić information content (AvgIpc) is 3.36. The number of ether oxygens (including phenoxy) is 1. The number of urea groups is 1. The van der Waals surface area contributed by atoms with Crippen molar-refractivity contribution in [2.24, 2.45) is 5.16 Å². The van der Waals surface area contributed by atoms with Crippen LogP contribution in [-0.2, 0) is 14.4 Å². The number of carbonyl (C=O) groups excluding carboxylic acids is 2. The number of rotatable bonds is 5. The molecule has 0 N–H and O–H groups in total. The Bertz CT molecular complexity index is 721. The van der Waals surface area contributed by atoms with Crippen molar-refractivity contribution in [1.82, 2.24) is 14.9 Å². The van der Waals surface area contributed by atoms with Gasteiger partial charge in [0, 0.05) is 25.9 Å². The van der Waals surface area contributed by atoms with Gasteiger partial charge in [-0.15, -0.1) is 0 Å². The standard InChI is InChI=1S/C21H34N4O5/c1-5-6-11-28-25-15-7-8-17(24(13-15)18(25)26)16-12-21(30-22-16)9-10-23(14-21)19(27)29-20(2,3)4/h15,17H,5-14H2,1-4H3/t15-,17-,21+/m0/s1. The highest BCUT2D eigenvalue weighted by Crippen LogP contribution is 2.39. The lowest BCUT2D eigenvalue weighted by Crippen LogP contribution is -2.46. The van der Waals surface area contributed by atoms with Gasteiger partial charge >= 0.3 is 12.1 Å². The topological polar surface area (TPSA) is 83.9 Å². The molecule has 0 aromatic heterocycles. The molecule has 168 valence electrons. The molecule has 3 amide bonds. The van der Waals surface area contributed by atoms with Gasteiger partial charge in [-0.2, -0.15) is 5.06 Å². The molecule has 4 aliphatic heterocycles. The summed E-state index contributed by atoms with van der Waals surface area (Å²) in [7, 11) is 0. The van der Waals surface area contributed by atoms with Crippen LogP contribution in [0.5, 0.6) is 0 Å². The zero-order chi connectivity index (χ0) is 21.5. The van der Waals surface area contributed by atoms with Crippen molar-refractivity contribution in [1.29, 1.82) is 0 Å². The van der Waals surface area contributed by atoms with E-state index in [9.17, 15) is 9.59 Å². The Morgan fingerprint density at radius 1 is 1.33 bits per heavy atom. The molecule has 3 atom stereocenters. The van der Waals surface area contributed by atoms with Gasteiger partial charge < -0.3 is 19.4 Å². The molecule has 4 heterocycles. The summed E-state index contributed by atoms with van der Waals surface area (Å²) in [6.07, 6.45) is 4.78. The van der Waals surface area contributed by atoms with Gasteiger partial charge in [-0.3, -0.25) is 4.84 Å². The predicted molar refractivity (Wildman–Crippen MR) is 110 cm³/mol. The van der Waals surface area contributed by atoms with Crippen molar-refractivity contribution in [2.45, 2.75) is 89.5 Å². The highest BCUT2D eigenvalue weighted by molar-refractivity contribution is 5.95. The molecule has 0 aliphatic carbocycles. The average molecular weight is 423 g/mol. The second kappa shape index (κ2) is 7.90. The lowest BCUT2D eigenvalue weighted by molar-refractivity contribution is -0.130. The summed E-state index contributed by atoms with van der Waals surface area (Å²) in [4.78, 5) is 40.5. The largest absolute Gasteiger partial charge is 0.444 e. The van der Waals surface area contributed by atoms with Gasteiger partial charge in [-0.05, 0) is 40.0 Å². The minimum Gasteiger partial charge on any atom is -0.444 e. The van der Waals surface area contributed by atoms with Crippen LogP contribution in [0.1, 0.15) is 66.2 Å². The molecule has 3 saturated heterocycles. The number of piperidine rings is 1. The molecule has 0 unspecified atom stereocenters. The number of carbonyl (C=O) groups is 2. The number of hydrogen-bond acceptors (Lipinski definition) is 6. The molecule has 0 aromatic rings. The molecule has 30 heavy (non-hydrogen) atoms. The van der Waals surface area contributed by atoms with E-state index < -0.39 is 11.2 Å². The van der Waals surface area contributed by atoms with Crippen LogP contribution in [0.15, 0.2) is 5.16 Å². The number of fused-ring (bicyclic) bond motifs is 2. The maximum absolute atomic E-state index is 12.9. The normalized spacial score (nSPS) is 30.9. The van der Waals surface area contributed by atoms with Gasteiger partial charge in [0.2, 0.25) is 0 Å². The highest BCUT2D eigenvalue weighted by atomic mass is 16.7. The maximum atomic E-state index is 12.9. The smallest absolute Gasteiger partial charge is 0.410 e. The lowest BCUT2D eigenvalue weighted by atomic mass is 9.89. The number of hydroxylamine groups is 2. The van der Waals surface area contributed by atoms with Crippen LogP contribution in [-0.4, -0.2) is 82.2 Å². The quantitative estimate of drug-likeness (QED) is 0.636. The van der Waals surface area contributed by atoms with Crippen LogP contribution in [0.4, 0.5) is 9.59 Å². The summed E-state index contributed by atoms with van der Waals surface area (Å²) in [5, 5.41) is 5.97. The number of hydrogen-bond donors (Lipinski definition) is 0. The van der Waals surface area contributed by atoms with E-state index in [2.05, 4.69) is 12.1 Å². The Morgan fingerprint density at radius 3 is 2.87 bits per heavy atom. The Labute approximate surface area is 178 Å². The summed E-state index contributed by atoms with van der Waals surface area (Å²) in [5.41, 5.74) is -0.114.